The van der Waals surface area contributed by atoms with Gasteiger partial charge in [0, 0.05) is 6.08 Å². The Morgan fingerprint density at radius 1 is 1.54 bits per heavy atom. The maximum absolute atomic E-state index is 10.4. The summed E-state index contributed by atoms with van der Waals surface area (Å²) in [7, 11) is 0. The van der Waals surface area contributed by atoms with Crippen LogP contribution >= 0.6 is 11.6 Å². The van der Waals surface area contributed by atoms with Gasteiger partial charge in [-0.05, 0) is 29.8 Å². The van der Waals surface area contributed by atoms with Crippen LogP contribution in [0.15, 0.2) is 24.3 Å². The Hall–Kier alpha value is -1.48. The minimum absolute atomic E-state index is 0.0845. The molecule has 0 saturated carbocycles. The van der Waals surface area contributed by atoms with Crippen LogP contribution < -0.4 is 5.73 Å². The van der Waals surface area contributed by atoms with Crippen LogP contribution in [0, 0.1) is 0 Å². The summed E-state index contributed by atoms with van der Waals surface area (Å²) in [5.41, 5.74) is 5.54. The predicted molar refractivity (Wildman–Crippen MR) is 51.3 cm³/mol. The van der Waals surface area contributed by atoms with E-state index in [1.165, 1.54) is 24.3 Å². The lowest BCUT2D eigenvalue weighted by atomic mass is 10.2. The molecular formula is C9H8ClNO2. The summed E-state index contributed by atoms with van der Waals surface area (Å²) < 4.78 is 0. The second-order valence-electron chi connectivity index (χ2n) is 2.44. The molecule has 0 aliphatic carbocycles. The number of phenols is 1. The molecule has 1 amide bonds. The molecular weight excluding hydrogens is 190 g/mol. The fraction of sp³-hybridized carbons (Fsp3) is 0. The van der Waals surface area contributed by atoms with Gasteiger partial charge in [-0.1, -0.05) is 11.6 Å². The van der Waals surface area contributed by atoms with Crippen LogP contribution in [-0.4, -0.2) is 11.0 Å². The lowest BCUT2D eigenvalue weighted by Gasteiger charge is -1.97. The van der Waals surface area contributed by atoms with Crippen LogP contribution in [0.3, 0.4) is 0 Å². The van der Waals surface area contributed by atoms with Gasteiger partial charge >= 0.3 is 0 Å². The van der Waals surface area contributed by atoms with Crippen molar-refractivity contribution < 1.29 is 9.90 Å². The number of nitrogens with two attached hydrogens (primary N) is 1. The molecule has 0 bridgehead atoms. The zero-order valence-corrected chi connectivity index (χ0v) is 7.45. The Morgan fingerprint density at radius 3 is 2.77 bits per heavy atom. The van der Waals surface area contributed by atoms with E-state index >= 15 is 0 Å². The molecule has 0 unspecified atom stereocenters. The molecule has 0 aliphatic heterocycles. The largest absolute Gasteiger partial charge is 0.508 e. The average Bonchev–Trinajstić information content (AvgIpc) is 2.02. The van der Waals surface area contributed by atoms with Crippen molar-refractivity contribution in [1.29, 1.82) is 0 Å². The Balaban J connectivity index is 2.96. The summed E-state index contributed by atoms with van der Waals surface area (Å²) >= 11 is 5.75. The summed E-state index contributed by atoms with van der Waals surface area (Å²) in [4.78, 5) is 10.4. The number of halogens is 1. The number of aromatic hydroxyl groups is 1. The molecule has 1 aromatic rings. The zero-order chi connectivity index (χ0) is 9.84. The molecule has 4 heteroatoms. The number of amides is 1. The van der Waals surface area contributed by atoms with Gasteiger partial charge < -0.3 is 10.8 Å². The Kier molecular flexibility index (Phi) is 2.93. The van der Waals surface area contributed by atoms with Crippen molar-refractivity contribution >= 4 is 23.6 Å². The second kappa shape index (κ2) is 3.96. The summed E-state index contributed by atoms with van der Waals surface area (Å²) in [6.45, 7) is 0. The summed E-state index contributed by atoms with van der Waals surface area (Å²) in [6.07, 6.45) is 2.70. The quantitative estimate of drug-likeness (QED) is 0.707. The van der Waals surface area contributed by atoms with Gasteiger partial charge in [-0.3, -0.25) is 4.79 Å². The van der Waals surface area contributed by atoms with Gasteiger partial charge in [-0.25, -0.2) is 0 Å². The molecule has 13 heavy (non-hydrogen) atoms. The van der Waals surface area contributed by atoms with Crippen LogP contribution in [0.1, 0.15) is 5.56 Å². The van der Waals surface area contributed by atoms with Gasteiger partial charge in [0.2, 0.25) is 5.91 Å². The van der Waals surface area contributed by atoms with Gasteiger partial charge in [-0.15, -0.1) is 0 Å². The molecule has 0 heterocycles. The van der Waals surface area contributed by atoms with Crippen molar-refractivity contribution in [3.05, 3.63) is 34.9 Å². The van der Waals surface area contributed by atoms with Crippen molar-refractivity contribution in [2.75, 3.05) is 0 Å². The minimum atomic E-state index is -0.538. The molecule has 1 aromatic carbocycles. The first kappa shape index (κ1) is 9.61. The standard InChI is InChI=1S/C9H8ClNO2/c10-8-5-7(12)3-1-6(8)2-4-9(11)13/h1-5,12H,(H2,11,13)/b4-2-. The van der Waals surface area contributed by atoms with Crippen LogP contribution in [0.25, 0.3) is 6.08 Å². The SMILES string of the molecule is NC(=O)/C=C\c1ccc(O)cc1Cl. The van der Waals surface area contributed by atoms with Gasteiger partial charge in [0.1, 0.15) is 5.75 Å². The van der Waals surface area contributed by atoms with E-state index in [-0.39, 0.29) is 5.75 Å². The number of carbonyl (C=O) groups is 1. The number of benzene rings is 1. The Morgan fingerprint density at radius 2 is 2.23 bits per heavy atom. The van der Waals surface area contributed by atoms with E-state index in [1.807, 2.05) is 0 Å². The molecule has 0 spiro atoms. The van der Waals surface area contributed by atoms with Crippen LogP contribution in [0.4, 0.5) is 0 Å². The first-order valence-electron chi connectivity index (χ1n) is 3.55. The van der Waals surface area contributed by atoms with Crippen LogP contribution in [0.2, 0.25) is 5.02 Å². The first-order valence-corrected chi connectivity index (χ1v) is 3.93. The predicted octanol–water partition coefficient (Wildman–Crippen LogP) is 1.54. The number of rotatable bonds is 2. The van der Waals surface area contributed by atoms with Crippen molar-refractivity contribution in [1.82, 2.24) is 0 Å². The monoisotopic (exact) mass is 197 g/mol. The molecule has 3 N–H and O–H groups in total. The highest BCUT2D eigenvalue weighted by molar-refractivity contribution is 6.32. The van der Waals surface area contributed by atoms with Gasteiger partial charge in [0.25, 0.3) is 0 Å². The van der Waals surface area contributed by atoms with E-state index in [4.69, 9.17) is 22.4 Å². The molecule has 1 rings (SSSR count). The van der Waals surface area contributed by atoms with Crippen LogP contribution in [0.5, 0.6) is 5.75 Å². The molecule has 3 nitrogen and oxygen atoms in total. The fourth-order valence-corrected chi connectivity index (χ4v) is 1.06. The van der Waals surface area contributed by atoms with Crippen molar-refractivity contribution in [3.8, 4) is 5.75 Å². The molecule has 0 radical (unpaired) electrons. The molecule has 68 valence electrons. The summed E-state index contributed by atoms with van der Waals surface area (Å²) in [5.74, 6) is -0.453. The average molecular weight is 198 g/mol. The maximum atomic E-state index is 10.4. The van der Waals surface area contributed by atoms with E-state index in [0.29, 0.717) is 10.6 Å². The normalized spacial score (nSPS) is 10.5. The highest BCUT2D eigenvalue weighted by Gasteiger charge is 1.97. The number of phenolic OH excluding ortho intramolecular Hbond substituents is 1. The molecule has 0 atom stereocenters. The molecule has 0 aliphatic rings. The van der Waals surface area contributed by atoms with Gasteiger partial charge in [-0.2, -0.15) is 0 Å². The molecule has 0 fully saturated rings. The Bertz CT molecular complexity index is 361. The fourth-order valence-electron chi connectivity index (χ4n) is 0.823. The lowest BCUT2D eigenvalue weighted by Crippen LogP contribution is -2.05. The number of primary amides is 1. The third-order valence-corrected chi connectivity index (χ3v) is 1.74. The maximum Gasteiger partial charge on any atom is 0.241 e. The van der Waals surface area contributed by atoms with E-state index in [2.05, 4.69) is 0 Å². The van der Waals surface area contributed by atoms with Crippen molar-refractivity contribution in [2.24, 2.45) is 5.73 Å². The molecule has 0 saturated heterocycles. The highest BCUT2D eigenvalue weighted by atomic mass is 35.5. The second-order valence-corrected chi connectivity index (χ2v) is 2.85. The lowest BCUT2D eigenvalue weighted by molar-refractivity contribution is -0.113. The first-order chi connectivity index (χ1) is 6.09. The number of carbonyl (C=O) groups excluding carboxylic acids is 1. The third-order valence-electron chi connectivity index (χ3n) is 1.41. The van der Waals surface area contributed by atoms with E-state index < -0.39 is 5.91 Å². The van der Waals surface area contributed by atoms with E-state index in [0.717, 1.165) is 0 Å². The van der Waals surface area contributed by atoms with E-state index in [9.17, 15) is 4.79 Å². The minimum Gasteiger partial charge on any atom is -0.508 e. The van der Waals surface area contributed by atoms with Crippen molar-refractivity contribution in [3.63, 3.8) is 0 Å². The smallest absolute Gasteiger partial charge is 0.241 e. The number of hydrogen-bond acceptors (Lipinski definition) is 2. The van der Waals surface area contributed by atoms with Crippen molar-refractivity contribution in [2.45, 2.75) is 0 Å². The van der Waals surface area contributed by atoms with Gasteiger partial charge in [0.05, 0.1) is 5.02 Å². The summed E-state index contributed by atoms with van der Waals surface area (Å²) in [5, 5.41) is 9.39. The van der Waals surface area contributed by atoms with Crippen LogP contribution in [-0.2, 0) is 4.79 Å². The Labute approximate surface area is 80.4 Å². The topological polar surface area (TPSA) is 63.3 Å². The van der Waals surface area contributed by atoms with E-state index in [1.54, 1.807) is 6.07 Å². The zero-order valence-electron chi connectivity index (χ0n) is 6.70. The number of hydrogen-bond donors (Lipinski definition) is 2. The highest BCUT2D eigenvalue weighted by Crippen LogP contribution is 2.22. The van der Waals surface area contributed by atoms with Gasteiger partial charge in [0.15, 0.2) is 0 Å². The molecule has 0 aromatic heterocycles. The third kappa shape index (κ3) is 2.80. The summed E-state index contributed by atoms with van der Waals surface area (Å²) in [6, 6.07) is 4.46.